The lowest BCUT2D eigenvalue weighted by Crippen LogP contribution is -2.24. The summed E-state index contributed by atoms with van der Waals surface area (Å²) in [5.74, 6) is -2.96. The molecule has 1 aliphatic heterocycles. The number of fused-ring (bicyclic) bond motifs is 1. The van der Waals surface area contributed by atoms with Crippen molar-refractivity contribution < 1.29 is 42.1 Å². The summed E-state index contributed by atoms with van der Waals surface area (Å²) in [6, 6.07) is 2.09. The van der Waals surface area contributed by atoms with Crippen molar-refractivity contribution in [1.29, 1.82) is 0 Å². The van der Waals surface area contributed by atoms with Crippen LogP contribution in [0.1, 0.15) is 55.5 Å². The number of cyclic esters (lactones) is 1. The van der Waals surface area contributed by atoms with E-state index >= 15 is 0 Å². The molecule has 1 heterocycles. The summed E-state index contributed by atoms with van der Waals surface area (Å²) in [6.45, 7) is 1.81. The van der Waals surface area contributed by atoms with Gasteiger partial charge in [-0.3, -0.25) is 9.59 Å². The molecular weight excluding hydrogens is 405 g/mol. The monoisotopic (exact) mass is 428 g/mol. The Hall–Kier alpha value is -2.84. The number of hydrogen-bond acceptors (Lipinski definition) is 6. The Bertz CT molecular complexity index is 844. The maximum absolute atomic E-state index is 12.6. The van der Waals surface area contributed by atoms with E-state index < -0.39 is 42.2 Å². The first kappa shape index (κ1) is 23.4. The van der Waals surface area contributed by atoms with Crippen LogP contribution in [-0.2, 0) is 14.3 Å². The molecule has 1 aromatic carbocycles. The lowest BCUT2D eigenvalue weighted by atomic mass is 9.96. The maximum atomic E-state index is 12.6. The zero-order chi connectivity index (χ0) is 22.5. The van der Waals surface area contributed by atoms with E-state index in [1.54, 1.807) is 13.8 Å². The molecule has 164 valence electrons. The molecule has 1 aromatic rings. The Morgan fingerprint density at radius 2 is 1.80 bits per heavy atom. The summed E-state index contributed by atoms with van der Waals surface area (Å²) in [5.41, 5.74) is -0.142. The Morgan fingerprint density at radius 1 is 1.13 bits per heavy atom. The molecule has 0 amide bonds. The van der Waals surface area contributed by atoms with Crippen molar-refractivity contribution in [1.82, 2.24) is 0 Å². The molecule has 0 aliphatic carbocycles. The molecule has 9 heteroatoms. The van der Waals surface area contributed by atoms with E-state index in [-0.39, 0.29) is 42.1 Å². The van der Waals surface area contributed by atoms with Gasteiger partial charge < -0.3 is 14.6 Å². The summed E-state index contributed by atoms with van der Waals surface area (Å²) < 4.78 is 47.3. The average molecular weight is 428 g/mol. The van der Waals surface area contributed by atoms with Crippen molar-refractivity contribution in [2.24, 2.45) is 5.92 Å². The molecule has 0 unspecified atom stereocenters. The molecule has 0 spiro atoms. The molecule has 0 saturated carbocycles. The third kappa shape index (κ3) is 6.60. The Morgan fingerprint density at radius 3 is 2.47 bits per heavy atom. The Balaban J connectivity index is 2.40. The number of aromatic hydroxyl groups is 1. The summed E-state index contributed by atoms with van der Waals surface area (Å²) >= 11 is 0. The van der Waals surface area contributed by atoms with Crippen molar-refractivity contribution in [2.75, 3.05) is 6.61 Å². The molecule has 6 nitrogen and oxygen atoms in total. The highest BCUT2D eigenvalue weighted by Gasteiger charge is 2.29. The Labute approximate surface area is 171 Å². The van der Waals surface area contributed by atoms with Crippen LogP contribution in [0.4, 0.5) is 13.2 Å². The largest absolute Gasteiger partial charge is 0.507 e. The first-order valence-corrected chi connectivity index (χ1v) is 9.48. The van der Waals surface area contributed by atoms with Gasteiger partial charge in [0.25, 0.3) is 0 Å². The van der Waals surface area contributed by atoms with Gasteiger partial charge in [0.05, 0.1) is 0 Å². The van der Waals surface area contributed by atoms with Gasteiger partial charge in [0.15, 0.2) is 18.2 Å². The van der Waals surface area contributed by atoms with Crippen LogP contribution in [0.2, 0.25) is 0 Å². The van der Waals surface area contributed by atoms with Crippen molar-refractivity contribution in [2.45, 2.75) is 51.8 Å². The van der Waals surface area contributed by atoms with Gasteiger partial charge in [0.2, 0.25) is 0 Å². The summed E-state index contributed by atoms with van der Waals surface area (Å²) in [7, 11) is 0. The smallest absolute Gasteiger partial charge is 0.422 e. The fourth-order valence-corrected chi connectivity index (χ4v) is 2.87. The van der Waals surface area contributed by atoms with Crippen LogP contribution in [-0.4, -0.2) is 41.5 Å². The highest BCUT2D eigenvalue weighted by atomic mass is 19.4. The fraction of sp³-hybridized carbons (Fsp3) is 0.476. The quantitative estimate of drug-likeness (QED) is 0.560. The van der Waals surface area contributed by atoms with Gasteiger partial charge in [-0.2, -0.15) is 13.2 Å². The number of phenolic OH excluding ortho intramolecular Hbond substituents is 1. The van der Waals surface area contributed by atoms with E-state index in [9.17, 15) is 32.7 Å². The lowest BCUT2D eigenvalue weighted by Gasteiger charge is -2.21. The minimum Gasteiger partial charge on any atom is -0.507 e. The summed E-state index contributed by atoms with van der Waals surface area (Å²) in [5, 5.41) is 10.3. The van der Waals surface area contributed by atoms with Gasteiger partial charge in [-0.25, -0.2) is 4.79 Å². The molecule has 1 aliphatic rings. The predicted octanol–water partition coefficient (Wildman–Crippen LogP) is 4.24. The molecule has 30 heavy (non-hydrogen) atoms. The molecule has 2 atom stereocenters. The van der Waals surface area contributed by atoms with Crippen LogP contribution < -0.4 is 4.74 Å². The van der Waals surface area contributed by atoms with Crippen LogP contribution in [0.3, 0.4) is 0 Å². The number of allylic oxidation sites excluding steroid dienone is 1. The molecule has 0 fully saturated rings. The highest BCUT2D eigenvalue weighted by Crippen LogP contribution is 2.32. The minimum atomic E-state index is -4.57. The second-order valence-electron chi connectivity index (χ2n) is 7.22. The van der Waals surface area contributed by atoms with Gasteiger partial charge in [-0.15, -0.1) is 0 Å². The number of rotatable bonds is 2. The van der Waals surface area contributed by atoms with Gasteiger partial charge in [-0.1, -0.05) is 19.1 Å². The van der Waals surface area contributed by atoms with Crippen LogP contribution in [0.25, 0.3) is 6.08 Å². The third-order valence-electron chi connectivity index (χ3n) is 4.80. The number of carbonyl (C=O) groups excluding carboxylic acids is 3. The number of ether oxygens (including phenoxy) is 2. The number of carbonyl (C=O) groups is 3. The number of ketones is 2. The van der Waals surface area contributed by atoms with Crippen molar-refractivity contribution >= 4 is 23.6 Å². The van der Waals surface area contributed by atoms with Crippen molar-refractivity contribution in [3.05, 3.63) is 29.3 Å². The van der Waals surface area contributed by atoms with Gasteiger partial charge in [-0.05, 0) is 37.3 Å². The summed E-state index contributed by atoms with van der Waals surface area (Å²) in [6.07, 6.45) is -1.80. The van der Waals surface area contributed by atoms with Gasteiger partial charge in [0.1, 0.15) is 23.2 Å². The van der Waals surface area contributed by atoms with Gasteiger partial charge >= 0.3 is 12.1 Å². The van der Waals surface area contributed by atoms with Crippen LogP contribution in [0.5, 0.6) is 11.5 Å². The van der Waals surface area contributed by atoms with Crippen LogP contribution in [0.15, 0.2) is 18.2 Å². The van der Waals surface area contributed by atoms with E-state index in [0.29, 0.717) is 6.42 Å². The Kier molecular flexibility index (Phi) is 7.64. The van der Waals surface area contributed by atoms with Crippen LogP contribution >= 0.6 is 0 Å². The SMILES string of the molecule is C[C@@H]1CCC(=O)C(=O)CCC=Cc2cc(OCC(F)(F)F)cc(O)c2C(=O)O[C@H]1C. The second-order valence-corrected chi connectivity index (χ2v) is 7.22. The summed E-state index contributed by atoms with van der Waals surface area (Å²) in [4.78, 5) is 36.5. The van der Waals surface area contributed by atoms with Crippen LogP contribution in [0, 0.1) is 5.92 Å². The van der Waals surface area contributed by atoms with E-state index in [2.05, 4.69) is 4.74 Å². The second kappa shape index (κ2) is 9.77. The van der Waals surface area contributed by atoms with Gasteiger partial charge in [0, 0.05) is 18.9 Å². The number of phenols is 1. The zero-order valence-corrected chi connectivity index (χ0v) is 16.6. The fourth-order valence-electron chi connectivity index (χ4n) is 2.87. The van der Waals surface area contributed by atoms with E-state index in [1.807, 2.05) is 0 Å². The molecule has 1 N–H and O–H groups in total. The number of alkyl halides is 3. The predicted molar refractivity (Wildman–Crippen MR) is 101 cm³/mol. The third-order valence-corrected chi connectivity index (χ3v) is 4.80. The lowest BCUT2D eigenvalue weighted by molar-refractivity contribution is -0.153. The standard InChI is InChI=1S/C21H23F3O6/c1-12-7-8-17(26)16(25)6-4-3-5-14-9-15(29-11-21(22,23)24)10-18(27)19(14)20(28)30-13(12)2/h3,5,9-10,12-13,27H,4,6-8,11H2,1-2H3/t12-,13+/m1/s1. The maximum Gasteiger partial charge on any atom is 0.422 e. The van der Waals surface area contributed by atoms with Crippen molar-refractivity contribution in [3.63, 3.8) is 0 Å². The minimum absolute atomic E-state index is 0.0324. The topological polar surface area (TPSA) is 89.9 Å². The highest BCUT2D eigenvalue weighted by molar-refractivity contribution is 6.37. The molecule has 0 radical (unpaired) electrons. The van der Waals surface area contributed by atoms with E-state index in [0.717, 1.165) is 6.07 Å². The molecule has 2 rings (SSSR count). The number of esters is 1. The van der Waals surface area contributed by atoms with Crippen molar-refractivity contribution in [3.8, 4) is 11.5 Å². The van der Waals surface area contributed by atoms with E-state index in [4.69, 9.17) is 4.74 Å². The number of halogens is 3. The normalized spacial score (nSPS) is 21.6. The first-order valence-electron chi connectivity index (χ1n) is 9.48. The molecule has 0 bridgehead atoms. The molecule has 0 aromatic heterocycles. The average Bonchev–Trinajstić information content (AvgIpc) is 2.65. The number of Topliss-reactive ketones (excluding diaryl/α,β-unsaturated/α-hetero) is 2. The molecular formula is C21H23F3O6. The first-order chi connectivity index (χ1) is 14.0. The van der Waals surface area contributed by atoms with E-state index in [1.165, 1.54) is 18.2 Å². The number of hydrogen-bond donors (Lipinski definition) is 1. The zero-order valence-electron chi connectivity index (χ0n) is 16.6. The number of benzene rings is 1. The molecule has 0 saturated heterocycles.